The zero-order valence-electron chi connectivity index (χ0n) is 12.3. The third-order valence-electron chi connectivity index (χ3n) is 4.14. The van der Waals surface area contributed by atoms with Crippen LogP contribution in [-0.4, -0.2) is 0 Å². The Hall–Kier alpha value is -1.38. The lowest BCUT2D eigenvalue weighted by molar-refractivity contribution is 0.691. The maximum Gasteiger partial charge on any atom is 0.0424 e. The van der Waals surface area contributed by atoms with Gasteiger partial charge >= 0.3 is 0 Å². The molecule has 0 aromatic heterocycles. The highest BCUT2D eigenvalue weighted by Gasteiger charge is 2.31. The minimum atomic E-state index is -0.200. The maximum absolute atomic E-state index is 3.62. The van der Waals surface area contributed by atoms with E-state index in [4.69, 9.17) is 0 Å². The molecular formula is C20H16Br2. The van der Waals surface area contributed by atoms with Crippen LogP contribution >= 0.6 is 31.9 Å². The van der Waals surface area contributed by atoms with Gasteiger partial charge in [0, 0.05) is 14.4 Å². The van der Waals surface area contributed by atoms with Gasteiger partial charge in [-0.05, 0) is 41.8 Å². The van der Waals surface area contributed by atoms with Crippen LogP contribution in [0.2, 0.25) is 0 Å². The summed E-state index contributed by atoms with van der Waals surface area (Å²) in [7, 11) is 0. The van der Waals surface area contributed by atoms with Crippen LogP contribution < -0.4 is 0 Å². The van der Waals surface area contributed by atoms with E-state index in [-0.39, 0.29) is 5.41 Å². The van der Waals surface area contributed by atoms with Crippen molar-refractivity contribution in [1.82, 2.24) is 0 Å². The first-order valence-corrected chi connectivity index (χ1v) is 8.77. The molecule has 0 spiro atoms. The third kappa shape index (κ3) is 2.90. The summed E-state index contributed by atoms with van der Waals surface area (Å²) in [6.45, 7) is 2.28. The number of hydrogen-bond donors (Lipinski definition) is 0. The zero-order valence-corrected chi connectivity index (χ0v) is 15.4. The van der Waals surface area contributed by atoms with E-state index in [2.05, 4.69) is 118 Å². The van der Waals surface area contributed by atoms with E-state index >= 15 is 0 Å². The Morgan fingerprint density at radius 2 is 1.00 bits per heavy atom. The molecular weight excluding hydrogens is 400 g/mol. The Balaban J connectivity index is 2.28. The van der Waals surface area contributed by atoms with Gasteiger partial charge in [-0.1, -0.05) is 92.5 Å². The Morgan fingerprint density at radius 3 is 1.41 bits per heavy atom. The first-order chi connectivity index (χ1) is 10.6. The first kappa shape index (κ1) is 15.5. The standard InChI is InChI=1S/C20H16Br2/c1-20(15-8-4-2-5-9-15,16-10-6-3-7-11-16)17-12-18(21)14-19(22)13-17/h2-14H,1H3. The van der Waals surface area contributed by atoms with Gasteiger partial charge in [-0.3, -0.25) is 0 Å². The summed E-state index contributed by atoms with van der Waals surface area (Å²) in [5, 5.41) is 0. The molecule has 0 N–H and O–H groups in total. The van der Waals surface area contributed by atoms with Crippen molar-refractivity contribution in [1.29, 1.82) is 0 Å². The SMILES string of the molecule is CC(c1ccccc1)(c1ccccc1)c1cc(Br)cc(Br)c1. The summed E-state index contributed by atoms with van der Waals surface area (Å²) in [6, 6.07) is 27.8. The van der Waals surface area contributed by atoms with Gasteiger partial charge in [0.05, 0.1) is 0 Å². The Bertz CT molecular complexity index is 704. The molecule has 3 rings (SSSR count). The highest BCUT2D eigenvalue weighted by atomic mass is 79.9. The lowest BCUT2D eigenvalue weighted by Crippen LogP contribution is -2.25. The van der Waals surface area contributed by atoms with Crippen molar-refractivity contribution in [2.75, 3.05) is 0 Å². The van der Waals surface area contributed by atoms with Gasteiger partial charge in [-0.2, -0.15) is 0 Å². The number of rotatable bonds is 3. The van der Waals surface area contributed by atoms with Gasteiger partial charge in [-0.25, -0.2) is 0 Å². The molecule has 0 aliphatic rings. The molecule has 0 atom stereocenters. The number of halogens is 2. The highest BCUT2D eigenvalue weighted by molar-refractivity contribution is 9.11. The van der Waals surface area contributed by atoms with Crippen LogP contribution in [0.4, 0.5) is 0 Å². The van der Waals surface area contributed by atoms with Crippen LogP contribution in [0.25, 0.3) is 0 Å². The minimum Gasteiger partial charge on any atom is -0.0622 e. The molecule has 0 radical (unpaired) electrons. The molecule has 22 heavy (non-hydrogen) atoms. The van der Waals surface area contributed by atoms with Crippen LogP contribution in [0.15, 0.2) is 87.8 Å². The average Bonchev–Trinajstić information content (AvgIpc) is 2.55. The fourth-order valence-electron chi connectivity index (χ4n) is 2.89. The Morgan fingerprint density at radius 1 is 0.591 bits per heavy atom. The largest absolute Gasteiger partial charge is 0.0622 e. The molecule has 0 amide bonds. The topological polar surface area (TPSA) is 0 Å². The number of benzene rings is 3. The molecule has 0 aliphatic carbocycles. The summed E-state index contributed by atoms with van der Waals surface area (Å²) in [4.78, 5) is 0. The molecule has 3 aromatic carbocycles. The van der Waals surface area contributed by atoms with Crippen molar-refractivity contribution in [3.05, 3.63) is 104 Å². The second-order valence-electron chi connectivity index (χ2n) is 5.52. The van der Waals surface area contributed by atoms with Crippen LogP contribution in [0.3, 0.4) is 0 Å². The predicted molar refractivity (Wildman–Crippen MR) is 100 cm³/mol. The van der Waals surface area contributed by atoms with E-state index < -0.39 is 0 Å². The second-order valence-corrected chi connectivity index (χ2v) is 7.35. The van der Waals surface area contributed by atoms with Gasteiger partial charge in [-0.15, -0.1) is 0 Å². The summed E-state index contributed by atoms with van der Waals surface area (Å²) >= 11 is 7.24. The molecule has 0 saturated carbocycles. The number of hydrogen-bond acceptors (Lipinski definition) is 0. The Labute approximate surface area is 148 Å². The van der Waals surface area contributed by atoms with Crippen molar-refractivity contribution in [2.45, 2.75) is 12.3 Å². The second kappa shape index (κ2) is 6.39. The van der Waals surface area contributed by atoms with Crippen molar-refractivity contribution in [3.8, 4) is 0 Å². The molecule has 0 saturated heterocycles. The third-order valence-corrected chi connectivity index (χ3v) is 5.06. The molecule has 0 fully saturated rings. The van der Waals surface area contributed by atoms with Gasteiger partial charge in [0.25, 0.3) is 0 Å². The lowest BCUT2D eigenvalue weighted by atomic mass is 9.71. The predicted octanol–water partition coefficient (Wildman–Crippen LogP) is 6.57. The summed E-state index contributed by atoms with van der Waals surface area (Å²) in [6.07, 6.45) is 0. The van der Waals surface area contributed by atoms with Crippen molar-refractivity contribution >= 4 is 31.9 Å². The summed E-state index contributed by atoms with van der Waals surface area (Å²) in [5.74, 6) is 0. The minimum absolute atomic E-state index is 0.200. The normalized spacial score (nSPS) is 11.4. The van der Waals surface area contributed by atoms with E-state index in [1.54, 1.807) is 0 Å². The molecule has 0 nitrogen and oxygen atoms in total. The molecule has 0 unspecified atom stereocenters. The van der Waals surface area contributed by atoms with Crippen molar-refractivity contribution < 1.29 is 0 Å². The quantitative estimate of drug-likeness (QED) is 0.424. The van der Waals surface area contributed by atoms with Gasteiger partial charge in [0.2, 0.25) is 0 Å². The molecule has 3 aromatic rings. The average molecular weight is 416 g/mol. The van der Waals surface area contributed by atoms with Crippen LogP contribution in [0.1, 0.15) is 23.6 Å². The van der Waals surface area contributed by atoms with E-state index in [1.807, 2.05) is 0 Å². The Kier molecular flexibility index (Phi) is 4.51. The molecule has 0 heterocycles. The lowest BCUT2D eigenvalue weighted by Gasteiger charge is -2.32. The van der Waals surface area contributed by atoms with Gasteiger partial charge in [0.1, 0.15) is 0 Å². The first-order valence-electron chi connectivity index (χ1n) is 7.18. The van der Waals surface area contributed by atoms with Crippen molar-refractivity contribution in [2.24, 2.45) is 0 Å². The zero-order chi connectivity index (χ0) is 15.6. The highest BCUT2D eigenvalue weighted by Crippen LogP contribution is 2.40. The van der Waals surface area contributed by atoms with E-state index in [0.717, 1.165) is 8.95 Å². The summed E-state index contributed by atoms with van der Waals surface area (Å²) < 4.78 is 2.16. The van der Waals surface area contributed by atoms with Crippen LogP contribution in [-0.2, 0) is 5.41 Å². The molecule has 2 heteroatoms. The van der Waals surface area contributed by atoms with E-state index in [1.165, 1.54) is 16.7 Å². The van der Waals surface area contributed by atoms with Crippen molar-refractivity contribution in [3.63, 3.8) is 0 Å². The maximum atomic E-state index is 3.62. The molecule has 0 aliphatic heterocycles. The molecule has 0 bridgehead atoms. The van der Waals surface area contributed by atoms with Crippen LogP contribution in [0, 0.1) is 0 Å². The smallest absolute Gasteiger partial charge is 0.0424 e. The summed E-state index contributed by atoms with van der Waals surface area (Å²) in [5.41, 5.74) is 3.62. The van der Waals surface area contributed by atoms with E-state index in [0.29, 0.717) is 0 Å². The fraction of sp³-hybridized carbons (Fsp3) is 0.100. The van der Waals surface area contributed by atoms with E-state index in [9.17, 15) is 0 Å². The van der Waals surface area contributed by atoms with Gasteiger partial charge < -0.3 is 0 Å². The van der Waals surface area contributed by atoms with Gasteiger partial charge in [0.15, 0.2) is 0 Å². The monoisotopic (exact) mass is 414 g/mol. The van der Waals surface area contributed by atoms with Crippen LogP contribution in [0.5, 0.6) is 0 Å². The fourth-order valence-corrected chi connectivity index (χ4v) is 4.18. The molecule has 110 valence electrons.